The Hall–Kier alpha value is -3.97. The van der Waals surface area contributed by atoms with E-state index in [0.717, 1.165) is 63.9 Å². The first kappa shape index (κ1) is 31.6. The highest BCUT2D eigenvalue weighted by molar-refractivity contribution is 5.93. The zero-order valence-corrected chi connectivity index (χ0v) is 24.1. The van der Waals surface area contributed by atoms with Gasteiger partial charge in [0.25, 0.3) is 11.8 Å². The number of carbonyl (C=O) groups excluding carboxylic acids is 4. The van der Waals surface area contributed by atoms with Gasteiger partial charge >= 0.3 is 11.9 Å². The lowest BCUT2D eigenvalue weighted by molar-refractivity contribution is -0.178. The molecule has 2 heterocycles. The lowest BCUT2D eigenvalue weighted by atomic mass is 9.80. The summed E-state index contributed by atoms with van der Waals surface area (Å²) in [4.78, 5) is 54.6. The van der Waals surface area contributed by atoms with Crippen molar-refractivity contribution < 1.29 is 28.7 Å². The zero-order chi connectivity index (χ0) is 29.8. The number of amides is 2. The molecule has 2 atom stereocenters. The molecular formula is C31H40N4O6. The maximum absolute atomic E-state index is 13.5. The van der Waals surface area contributed by atoms with Crippen molar-refractivity contribution in [3.05, 3.63) is 59.7 Å². The number of rotatable bonds is 12. The van der Waals surface area contributed by atoms with E-state index in [0.29, 0.717) is 26.1 Å². The molecule has 2 amide bonds. The number of fused-ring (bicyclic) bond motifs is 1. The molecule has 0 spiro atoms. The van der Waals surface area contributed by atoms with Gasteiger partial charge in [0, 0.05) is 40.0 Å². The minimum Gasteiger partial charge on any atom is -0.448 e. The molecule has 1 fully saturated rings. The van der Waals surface area contributed by atoms with Crippen LogP contribution in [0.2, 0.25) is 0 Å². The number of nitrogens with one attached hydrogen (secondary N) is 1. The average molecular weight is 565 g/mol. The summed E-state index contributed by atoms with van der Waals surface area (Å²) in [6.07, 6.45) is 7.74. The van der Waals surface area contributed by atoms with Crippen LogP contribution in [0.1, 0.15) is 57.6 Å². The lowest BCUT2D eigenvalue weighted by Crippen LogP contribution is -2.55. The summed E-state index contributed by atoms with van der Waals surface area (Å²) in [7, 11) is 0. The van der Waals surface area contributed by atoms with E-state index in [2.05, 4.69) is 35.4 Å². The molecule has 220 valence electrons. The van der Waals surface area contributed by atoms with Crippen LogP contribution in [0.25, 0.3) is 0 Å². The van der Waals surface area contributed by atoms with Gasteiger partial charge < -0.3 is 19.7 Å². The third-order valence-electron chi connectivity index (χ3n) is 7.45. The smallest absolute Gasteiger partial charge is 0.303 e. The van der Waals surface area contributed by atoms with Crippen LogP contribution in [0.4, 0.5) is 0 Å². The number of nitrogens with zero attached hydrogens (tertiary/aromatic N) is 3. The van der Waals surface area contributed by atoms with Crippen molar-refractivity contribution in [3.63, 3.8) is 0 Å². The predicted octanol–water partition coefficient (Wildman–Crippen LogP) is 3.03. The van der Waals surface area contributed by atoms with E-state index in [1.165, 1.54) is 4.90 Å². The molecule has 0 aromatic heterocycles. The number of likely N-dealkylation sites (tertiary alicyclic amines) is 1. The summed E-state index contributed by atoms with van der Waals surface area (Å²) in [5.74, 6) is -2.77. The van der Waals surface area contributed by atoms with E-state index in [4.69, 9.17) is 14.7 Å². The van der Waals surface area contributed by atoms with Gasteiger partial charge in [0.15, 0.2) is 0 Å². The van der Waals surface area contributed by atoms with Crippen LogP contribution in [0, 0.1) is 16.7 Å². The monoisotopic (exact) mass is 564 g/mol. The van der Waals surface area contributed by atoms with Gasteiger partial charge in [0.2, 0.25) is 12.2 Å². The van der Waals surface area contributed by atoms with Gasteiger partial charge in [-0.1, -0.05) is 55.5 Å². The second kappa shape index (κ2) is 15.1. The largest absolute Gasteiger partial charge is 0.448 e. The molecule has 2 unspecified atom stereocenters. The van der Waals surface area contributed by atoms with Crippen molar-refractivity contribution in [2.24, 2.45) is 5.41 Å². The number of ether oxygens (including phenoxy) is 2. The highest BCUT2D eigenvalue weighted by Gasteiger charge is 2.43. The molecule has 2 aliphatic heterocycles. The summed E-state index contributed by atoms with van der Waals surface area (Å²) in [6.45, 7) is 7.88. The van der Waals surface area contributed by atoms with E-state index >= 15 is 0 Å². The fourth-order valence-corrected chi connectivity index (χ4v) is 5.01. The number of nitriles is 1. The topological polar surface area (TPSA) is 129 Å². The van der Waals surface area contributed by atoms with Gasteiger partial charge in [-0.05, 0) is 48.9 Å². The van der Waals surface area contributed by atoms with Crippen molar-refractivity contribution in [1.29, 1.82) is 5.26 Å². The van der Waals surface area contributed by atoms with E-state index in [1.807, 2.05) is 36.4 Å². The highest BCUT2D eigenvalue weighted by atomic mass is 16.6. The summed E-state index contributed by atoms with van der Waals surface area (Å²) in [5.41, 5.74) is 1.75. The lowest BCUT2D eigenvalue weighted by Gasteiger charge is -2.39. The molecule has 10 nitrogen and oxygen atoms in total. The Morgan fingerprint density at radius 3 is 2.15 bits per heavy atom. The van der Waals surface area contributed by atoms with Crippen molar-refractivity contribution in [3.8, 4) is 6.07 Å². The predicted molar refractivity (Wildman–Crippen MR) is 152 cm³/mol. The first-order chi connectivity index (χ1) is 19.6. The van der Waals surface area contributed by atoms with Crippen LogP contribution < -0.4 is 5.32 Å². The first-order valence-corrected chi connectivity index (χ1v) is 14.0. The van der Waals surface area contributed by atoms with E-state index < -0.39 is 36.0 Å². The van der Waals surface area contributed by atoms with Gasteiger partial charge in [-0.3, -0.25) is 24.1 Å². The number of benzene rings is 1. The Balaban J connectivity index is 1.59. The summed E-state index contributed by atoms with van der Waals surface area (Å²) >= 11 is 0. The second-order valence-electron chi connectivity index (χ2n) is 10.9. The van der Waals surface area contributed by atoms with Crippen LogP contribution in [0.15, 0.2) is 48.6 Å². The van der Waals surface area contributed by atoms with Gasteiger partial charge in [0.1, 0.15) is 0 Å². The van der Waals surface area contributed by atoms with E-state index in [-0.39, 0.29) is 5.41 Å². The maximum atomic E-state index is 13.5. The molecule has 1 aromatic rings. The Morgan fingerprint density at radius 1 is 0.976 bits per heavy atom. The normalized spacial score (nSPS) is 18.0. The molecule has 1 aromatic carbocycles. The van der Waals surface area contributed by atoms with Gasteiger partial charge in [-0.25, -0.2) is 0 Å². The molecule has 0 saturated carbocycles. The number of piperidine rings is 1. The molecule has 0 aliphatic carbocycles. The molecular weight excluding hydrogens is 524 g/mol. The van der Waals surface area contributed by atoms with Crippen molar-refractivity contribution in [1.82, 2.24) is 15.1 Å². The number of esters is 2. The number of carbonyl (C=O) groups is 4. The summed E-state index contributed by atoms with van der Waals surface area (Å²) < 4.78 is 10.6. The third-order valence-corrected chi connectivity index (χ3v) is 7.45. The standard InChI is InChI=1S/C31H40N4O6/c1-23(36)40-27(28(41-24(2)37)30(39)35-20-25-12-8-9-13-26(25)21-35)29(38)33-22-31(3)14-18-34(19-15-31)17-11-7-5-4-6-10-16-32/h4,6-9,11-13,27-28H,5,10,14-15,17-22H2,1-3H3,(H,33,38)/b6-4-,11-7-. The van der Waals surface area contributed by atoms with Gasteiger partial charge in [0.05, 0.1) is 12.5 Å². The fraction of sp³-hybridized carbons (Fsp3) is 0.516. The summed E-state index contributed by atoms with van der Waals surface area (Å²) in [5, 5.41) is 11.4. The van der Waals surface area contributed by atoms with Crippen LogP contribution >= 0.6 is 0 Å². The molecule has 2 aliphatic rings. The Bertz CT molecular complexity index is 1170. The Labute approximate surface area is 241 Å². The molecule has 0 radical (unpaired) electrons. The molecule has 1 N–H and O–H groups in total. The highest BCUT2D eigenvalue weighted by Crippen LogP contribution is 2.30. The Kier molecular flexibility index (Phi) is 11.7. The average Bonchev–Trinajstić information content (AvgIpc) is 3.38. The van der Waals surface area contributed by atoms with Crippen LogP contribution in [-0.4, -0.2) is 71.9 Å². The van der Waals surface area contributed by atoms with Crippen LogP contribution in [-0.2, 0) is 41.7 Å². The van der Waals surface area contributed by atoms with Crippen molar-refractivity contribution in [2.45, 2.75) is 71.8 Å². The molecule has 10 heteroatoms. The minimum absolute atomic E-state index is 0.186. The number of allylic oxidation sites excluding steroid dienone is 3. The van der Waals surface area contributed by atoms with Gasteiger partial charge in [-0.2, -0.15) is 5.26 Å². The molecule has 1 saturated heterocycles. The minimum atomic E-state index is -1.61. The Morgan fingerprint density at radius 2 is 1.56 bits per heavy atom. The van der Waals surface area contributed by atoms with Crippen molar-refractivity contribution in [2.75, 3.05) is 26.2 Å². The second-order valence-corrected chi connectivity index (χ2v) is 10.9. The summed E-state index contributed by atoms with van der Waals surface area (Å²) in [6, 6.07) is 9.67. The maximum Gasteiger partial charge on any atom is 0.303 e. The van der Waals surface area contributed by atoms with Crippen LogP contribution in [0.3, 0.4) is 0 Å². The van der Waals surface area contributed by atoms with Crippen molar-refractivity contribution >= 4 is 23.8 Å². The van der Waals surface area contributed by atoms with Crippen LogP contribution in [0.5, 0.6) is 0 Å². The SMILES string of the molecule is CC(=O)OC(C(=O)NCC1(C)CCN(C/C=C\C/C=C\CC#N)CC1)C(OC(C)=O)C(=O)N1Cc2ccccc2C1. The number of hydrogen-bond donors (Lipinski definition) is 1. The quantitative estimate of drug-likeness (QED) is 0.303. The third kappa shape index (κ3) is 9.57. The zero-order valence-electron chi connectivity index (χ0n) is 24.1. The van der Waals surface area contributed by atoms with E-state index in [1.54, 1.807) is 0 Å². The van der Waals surface area contributed by atoms with E-state index in [9.17, 15) is 19.2 Å². The van der Waals surface area contributed by atoms with Gasteiger partial charge in [-0.15, -0.1) is 0 Å². The first-order valence-electron chi connectivity index (χ1n) is 14.0. The molecule has 3 rings (SSSR count). The number of hydrogen-bond acceptors (Lipinski definition) is 8. The molecule has 41 heavy (non-hydrogen) atoms. The molecule has 0 bridgehead atoms. The fourth-order valence-electron chi connectivity index (χ4n) is 5.01.